The van der Waals surface area contributed by atoms with Crippen molar-refractivity contribution in [3.63, 3.8) is 0 Å². The first kappa shape index (κ1) is 13.6. The van der Waals surface area contributed by atoms with Crippen LogP contribution >= 0.6 is 15.9 Å². The minimum atomic E-state index is 0.637. The molecular weight excluding hydrogens is 294 g/mol. The number of ether oxygens (including phenoxy) is 1. The van der Waals surface area contributed by atoms with E-state index in [1.54, 1.807) is 6.20 Å². The van der Waals surface area contributed by atoms with E-state index in [0.29, 0.717) is 12.5 Å². The lowest BCUT2D eigenvalue weighted by Crippen LogP contribution is -2.21. The number of anilines is 1. The third kappa shape index (κ3) is 3.57. The molecule has 1 aliphatic heterocycles. The van der Waals surface area contributed by atoms with E-state index in [2.05, 4.69) is 37.7 Å². The zero-order valence-corrected chi connectivity index (χ0v) is 12.4. The maximum absolute atomic E-state index is 5.52. The molecule has 0 aromatic carbocycles. The van der Waals surface area contributed by atoms with Crippen LogP contribution in [0.3, 0.4) is 0 Å². The Bertz CT molecular complexity index is 375. The molecule has 0 aliphatic carbocycles. The highest BCUT2D eigenvalue weighted by molar-refractivity contribution is 9.09. The van der Waals surface area contributed by atoms with Crippen molar-refractivity contribution in [1.82, 2.24) is 9.97 Å². The summed E-state index contributed by atoms with van der Waals surface area (Å²) in [5, 5.41) is 1.08. The number of hydrogen-bond acceptors (Lipinski definition) is 4. The fraction of sp³-hybridized carbons (Fsp3) is 0.692. The maximum Gasteiger partial charge on any atom is 0.234 e. The summed E-state index contributed by atoms with van der Waals surface area (Å²) in [7, 11) is 0. The van der Waals surface area contributed by atoms with E-state index in [4.69, 9.17) is 4.74 Å². The van der Waals surface area contributed by atoms with Gasteiger partial charge in [-0.1, -0.05) is 22.9 Å². The van der Waals surface area contributed by atoms with E-state index < -0.39 is 0 Å². The first-order valence-corrected chi connectivity index (χ1v) is 7.71. The van der Waals surface area contributed by atoms with Gasteiger partial charge in [0.2, 0.25) is 5.88 Å². The zero-order chi connectivity index (χ0) is 12.8. The molecule has 18 heavy (non-hydrogen) atoms. The number of nitrogens with zero attached hydrogens (tertiary/aromatic N) is 3. The first-order chi connectivity index (χ1) is 8.83. The van der Waals surface area contributed by atoms with E-state index in [9.17, 15) is 0 Å². The smallest absolute Gasteiger partial charge is 0.234 e. The predicted octanol–water partition coefficient (Wildman–Crippen LogP) is 2.88. The van der Waals surface area contributed by atoms with Gasteiger partial charge in [-0.05, 0) is 25.2 Å². The van der Waals surface area contributed by atoms with Gasteiger partial charge in [0.15, 0.2) is 5.82 Å². The Hall–Kier alpha value is -0.840. The molecule has 0 amide bonds. The molecule has 1 unspecified atom stereocenters. The molecule has 0 radical (unpaired) electrons. The molecule has 1 aliphatic rings. The van der Waals surface area contributed by atoms with E-state index >= 15 is 0 Å². The van der Waals surface area contributed by atoms with Gasteiger partial charge >= 0.3 is 0 Å². The highest BCUT2D eigenvalue weighted by Gasteiger charge is 2.23. The van der Waals surface area contributed by atoms with Crippen LogP contribution in [0.1, 0.15) is 26.2 Å². The highest BCUT2D eigenvalue weighted by Crippen LogP contribution is 2.25. The number of halogens is 1. The lowest BCUT2D eigenvalue weighted by molar-refractivity contribution is 0.304. The third-order valence-electron chi connectivity index (χ3n) is 3.18. The first-order valence-electron chi connectivity index (χ1n) is 6.59. The van der Waals surface area contributed by atoms with Crippen LogP contribution in [0.5, 0.6) is 5.88 Å². The highest BCUT2D eigenvalue weighted by atomic mass is 79.9. The van der Waals surface area contributed by atoms with Crippen molar-refractivity contribution < 1.29 is 4.74 Å². The van der Waals surface area contributed by atoms with Gasteiger partial charge in [-0.15, -0.1) is 0 Å². The summed E-state index contributed by atoms with van der Waals surface area (Å²) in [5.41, 5.74) is 0. The Labute approximate surface area is 117 Å². The molecule has 0 N–H and O–H groups in total. The molecule has 0 bridgehead atoms. The molecule has 0 saturated carbocycles. The summed E-state index contributed by atoms with van der Waals surface area (Å²) in [6.07, 6.45) is 6.98. The SMILES string of the molecule is CCCOc1cncc(N2CCC(CCBr)C2)n1. The van der Waals surface area contributed by atoms with Crippen LogP contribution < -0.4 is 9.64 Å². The number of rotatable bonds is 6. The number of aromatic nitrogens is 2. The van der Waals surface area contributed by atoms with Crippen molar-refractivity contribution in [1.29, 1.82) is 0 Å². The summed E-state index contributed by atoms with van der Waals surface area (Å²) >= 11 is 3.51. The van der Waals surface area contributed by atoms with Gasteiger partial charge < -0.3 is 9.64 Å². The quantitative estimate of drug-likeness (QED) is 0.757. The molecule has 2 heterocycles. The van der Waals surface area contributed by atoms with Crippen molar-refractivity contribution in [3.05, 3.63) is 12.4 Å². The Kier molecular flexibility index (Phi) is 5.23. The molecule has 1 saturated heterocycles. The molecular formula is C13H20BrN3O. The average molecular weight is 314 g/mol. The number of hydrogen-bond donors (Lipinski definition) is 0. The van der Waals surface area contributed by atoms with Crippen molar-refractivity contribution >= 4 is 21.7 Å². The van der Waals surface area contributed by atoms with E-state index in [1.807, 2.05) is 6.20 Å². The standard InChI is InChI=1S/C13H20BrN3O/c1-2-7-18-13-9-15-8-12(16-13)17-6-4-11(10-17)3-5-14/h8-9,11H,2-7,10H2,1H3. The molecule has 1 fully saturated rings. The molecule has 1 atom stereocenters. The van der Waals surface area contributed by atoms with Gasteiger partial charge in [0.05, 0.1) is 19.0 Å². The topological polar surface area (TPSA) is 38.2 Å². The largest absolute Gasteiger partial charge is 0.477 e. The van der Waals surface area contributed by atoms with Crippen molar-refractivity contribution in [2.45, 2.75) is 26.2 Å². The molecule has 5 heteroatoms. The average Bonchev–Trinajstić information content (AvgIpc) is 2.86. The van der Waals surface area contributed by atoms with Gasteiger partial charge in [0.1, 0.15) is 0 Å². The summed E-state index contributed by atoms with van der Waals surface area (Å²) in [6.45, 7) is 4.94. The lowest BCUT2D eigenvalue weighted by atomic mass is 10.1. The Morgan fingerprint density at radius 3 is 3.17 bits per heavy atom. The van der Waals surface area contributed by atoms with Crippen LogP contribution in [0.25, 0.3) is 0 Å². The second-order valence-corrected chi connectivity index (χ2v) is 5.44. The summed E-state index contributed by atoms with van der Waals surface area (Å²) < 4.78 is 5.52. The van der Waals surface area contributed by atoms with Gasteiger partial charge in [-0.25, -0.2) is 0 Å². The molecule has 0 spiro atoms. The Morgan fingerprint density at radius 1 is 1.50 bits per heavy atom. The Morgan fingerprint density at radius 2 is 2.39 bits per heavy atom. The van der Waals surface area contributed by atoms with Gasteiger partial charge in [0.25, 0.3) is 0 Å². The number of alkyl halides is 1. The molecule has 1 aromatic heterocycles. The van der Waals surface area contributed by atoms with Crippen molar-refractivity contribution in [2.24, 2.45) is 5.92 Å². The maximum atomic E-state index is 5.52. The summed E-state index contributed by atoms with van der Waals surface area (Å²) in [5.74, 6) is 2.35. The van der Waals surface area contributed by atoms with Crippen LogP contribution in [0.2, 0.25) is 0 Å². The van der Waals surface area contributed by atoms with Crippen molar-refractivity contribution in [3.8, 4) is 5.88 Å². The molecule has 1 aromatic rings. The van der Waals surface area contributed by atoms with Crippen LogP contribution in [0, 0.1) is 5.92 Å². The summed E-state index contributed by atoms with van der Waals surface area (Å²) in [6, 6.07) is 0. The van der Waals surface area contributed by atoms with Crippen molar-refractivity contribution in [2.75, 3.05) is 29.9 Å². The Balaban J connectivity index is 1.96. The molecule has 2 rings (SSSR count). The minimum absolute atomic E-state index is 0.637. The van der Waals surface area contributed by atoms with E-state index in [0.717, 1.165) is 36.6 Å². The van der Waals surface area contributed by atoms with Crippen LogP contribution in [-0.2, 0) is 0 Å². The second kappa shape index (κ2) is 6.92. The fourth-order valence-corrected chi connectivity index (χ4v) is 2.85. The monoisotopic (exact) mass is 313 g/mol. The van der Waals surface area contributed by atoms with Crippen LogP contribution in [0.4, 0.5) is 5.82 Å². The van der Waals surface area contributed by atoms with Crippen LogP contribution in [-0.4, -0.2) is 35.0 Å². The third-order valence-corrected chi connectivity index (χ3v) is 3.64. The molecule has 4 nitrogen and oxygen atoms in total. The fourth-order valence-electron chi connectivity index (χ4n) is 2.20. The van der Waals surface area contributed by atoms with Crippen LogP contribution in [0.15, 0.2) is 12.4 Å². The van der Waals surface area contributed by atoms with Gasteiger partial charge in [-0.2, -0.15) is 4.98 Å². The van der Waals surface area contributed by atoms with E-state index in [1.165, 1.54) is 12.8 Å². The predicted molar refractivity (Wildman–Crippen MR) is 76.5 cm³/mol. The normalized spacial score (nSPS) is 19.2. The second-order valence-electron chi connectivity index (χ2n) is 4.64. The summed E-state index contributed by atoms with van der Waals surface area (Å²) in [4.78, 5) is 11.0. The lowest BCUT2D eigenvalue weighted by Gasteiger charge is -2.17. The zero-order valence-electron chi connectivity index (χ0n) is 10.8. The molecule has 100 valence electrons. The van der Waals surface area contributed by atoms with Gasteiger partial charge in [0, 0.05) is 18.4 Å². The van der Waals surface area contributed by atoms with Gasteiger partial charge in [-0.3, -0.25) is 4.98 Å². The minimum Gasteiger partial charge on any atom is -0.477 e. The van der Waals surface area contributed by atoms with E-state index in [-0.39, 0.29) is 0 Å².